The molecule has 25 heavy (non-hydrogen) atoms. The maximum atomic E-state index is 12.8. The molecule has 1 atom stereocenters. The summed E-state index contributed by atoms with van der Waals surface area (Å²) in [5.74, 6) is -0.601. The van der Waals surface area contributed by atoms with Gasteiger partial charge in [0.1, 0.15) is 12.1 Å². The number of hydrogen-bond donors (Lipinski definition) is 2. The lowest BCUT2D eigenvalue weighted by atomic mass is 9.75. The van der Waals surface area contributed by atoms with Crippen LogP contribution in [0, 0.1) is 5.92 Å². The van der Waals surface area contributed by atoms with Crippen molar-refractivity contribution in [3.05, 3.63) is 29.3 Å². The van der Waals surface area contributed by atoms with Crippen LogP contribution in [0.15, 0.2) is 24.3 Å². The number of anilines is 1. The van der Waals surface area contributed by atoms with Gasteiger partial charge < -0.3 is 10.6 Å². The van der Waals surface area contributed by atoms with E-state index in [0.717, 1.165) is 30.6 Å². The molecule has 0 spiro atoms. The van der Waals surface area contributed by atoms with Crippen LogP contribution >= 0.6 is 11.6 Å². The molecule has 7 heteroatoms. The molecule has 1 aliphatic heterocycles. The van der Waals surface area contributed by atoms with Crippen LogP contribution in [-0.4, -0.2) is 34.8 Å². The zero-order valence-electron chi connectivity index (χ0n) is 14.2. The molecule has 2 aliphatic rings. The van der Waals surface area contributed by atoms with E-state index in [1.807, 2.05) is 0 Å². The van der Waals surface area contributed by atoms with Crippen molar-refractivity contribution in [2.75, 3.05) is 11.9 Å². The van der Waals surface area contributed by atoms with Crippen molar-refractivity contribution in [2.45, 2.75) is 44.6 Å². The number of nitrogens with zero attached hydrogens (tertiary/aromatic N) is 1. The summed E-state index contributed by atoms with van der Waals surface area (Å²) in [6.07, 6.45) is 5.16. The lowest BCUT2D eigenvalue weighted by molar-refractivity contribution is -0.135. The van der Waals surface area contributed by atoms with Crippen LogP contribution in [0.4, 0.5) is 10.5 Å². The van der Waals surface area contributed by atoms with Crippen LogP contribution in [0.25, 0.3) is 0 Å². The molecular weight excluding hydrogens is 342 g/mol. The Bertz CT molecular complexity index is 685. The van der Waals surface area contributed by atoms with Crippen LogP contribution in [0.1, 0.15) is 39.0 Å². The largest absolute Gasteiger partial charge is 0.325 e. The summed E-state index contributed by atoms with van der Waals surface area (Å²) in [4.78, 5) is 38.3. The molecule has 134 valence electrons. The summed E-state index contributed by atoms with van der Waals surface area (Å²) < 4.78 is 0. The summed E-state index contributed by atoms with van der Waals surface area (Å²) >= 11 is 5.81. The van der Waals surface area contributed by atoms with E-state index in [0.29, 0.717) is 10.7 Å². The maximum Gasteiger partial charge on any atom is 0.325 e. The number of amides is 4. The molecule has 1 heterocycles. The fraction of sp³-hybridized carbons (Fsp3) is 0.500. The fourth-order valence-electron chi connectivity index (χ4n) is 3.69. The molecule has 1 saturated carbocycles. The minimum atomic E-state index is -0.905. The molecule has 6 nitrogen and oxygen atoms in total. The Kier molecular flexibility index (Phi) is 4.99. The van der Waals surface area contributed by atoms with Crippen LogP contribution < -0.4 is 10.6 Å². The molecule has 1 aromatic rings. The van der Waals surface area contributed by atoms with Crippen molar-refractivity contribution in [1.29, 1.82) is 0 Å². The van der Waals surface area contributed by atoms with E-state index in [1.54, 1.807) is 31.2 Å². The fourth-order valence-corrected chi connectivity index (χ4v) is 3.82. The molecule has 4 amide bonds. The first kappa shape index (κ1) is 17.7. The molecule has 1 aliphatic carbocycles. The lowest BCUT2D eigenvalue weighted by Gasteiger charge is -2.34. The third kappa shape index (κ3) is 3.63. The van der Waals surface area contributed by atoms with Crippen LogP contribution in [0.3, 0.4) is 0 Å². The molecule has 2 fully saturated rings. The van der Waals surface area contributed by atoms with Gasteiger partial charge in [0, 0.05) is 10.7 Å². The summed E-state index contributed by atoms with van der Waals surface area (Å²) in [7, 11) is 0. The van der Waals surface area contributed by atoms with Crippen LogP contribution in [0.2, 0.25) is 5.02 Å². The Balaban J connectivity index is 1.65. The van der Waals surface area contributed by atoms with Gasteiger partial charge in [0.05, 0.1) is 0 Å². The van der Waals surface area contributed by atoms with Crippen LogP contribution in [-0.2, 0) is 9.59 Å². The smallest absolute Gasteiger partial charge is 0.325 e. The van der Waals surface area contributed by atoms with Gasteiger partial charge in [0.15, 0.2) is 0 Å². The summed E-state index contributed by atoms with van der Waals surface area (Å²) in [6, 6.07) is 6.15. The van der Waals surface area contributed by atoms with E-state index in [1.165, 1.54) is 6.42 Å². The van der Waals surface area contributed by atoms with Gasteiger partial charge in [-0.1, -0.05) is 30.9 Å². The average molecular weight is 364 g/mol. The molecule has 3 rings (SSSR count). The van der Waals surface area contributed by atoms with E-state index in [9.17, 15) is 14.4 Å². The van der Waals surface area contributed by atoms with E-state index in [2.05, 4.69) is 10.6 Å². The van der Waals surface area contributed by atoms with Gasteiger partial charge in [-0.05, 0) is 49.9 Å². The van der Waals surface area contributed by atoms with Gasteiger partial charge in [-0.3, -0.25) is 14.5 Å². The first-order valence-corrected chi connectivity index (χ1v) is 8.97. The highest BCUT2D eigenvalue weighted by molar-refractivity contribution is 6.30. The molecule has 1 saturated heterocycles. The minimum absolute atomic E-state index is 0.127. The second-order valence-corrected chi connectivity index (χ2v) is 7.35. The van der Waals surface area contributed by atoms with E-state index >= 15 is 0 Å². The standard InChI is InChI=1S/C18H22ClN3O3/c1-18(12-5-3-2-4-6-12)16(24)22(17(25)21-18)11-15(23)20-14-9-7-13(19)8-10-14/h7-10,12H,2-6,11H2,1H3,(H,20,23)(H,21,25)/t18-/m1/s1. The number of imide groups is 1. The predicted molar refractivity (Wildman–Crippen MR) is 95.3 cm³/mol. The Morgan fingerprint density at radius 2 is 1.88 bits per heavy atom. The van der Waals surface area contributed by atoms with E-state index < -0.39 is 17.5 Å². The van der Waals surface area contributed by atoms with Gasteiger partial charge in [-0.15, -0.1) is 0 Å². The SMILES string of the molecule is C[C@]1(C2CCCCC2)NC(=O)N(CC(=O)Nc2ccc(Cl)cc2)C1=O. The van der Waals surface area contributed by atoms with Crippen molar-refractivity contribution in [1.82, 2.24) is 10.2 Å². The number of hydrogen-bond acceptors (Lipinski definition) is 3. The Hall–Kier alpha value is -2.08. The third-order valence-corrected chi connectivity index (χ3v) is 5.40. The predicted octanol–water partition coefficient (Wildman–Crippen LogP) is 3.17. The topological polar surface area (TPSA) is 78.5 Å². The van der Waals surface area contributed by atoms with Gasteiger partial charge in [-0.25, -0.2) is 4.79 Å². The third-order valence-electron chi connectivity index (χ3n) is 5.15. The second kappa shape index (κ2) is 7.04. The molecule has 2 N–H and O–H groups in total. The van der Waals surface area contributed by atoms with Crippen molar-refractivity contribution < 1.29 is 14.4 Å². The molecule has 0 radical (unpaired) electrons. The Morgan fingerprint density at radius 1 is 1.24 bits per heavy atom. The van der Waals surface area contributed by atoms with E-state index in [4.69, 9.17) is 11.6 Å². The highest BCUT2D eigenvalue weighted by Crippen LogP contribution is 2.36. The second-order valence-electron chi connectivity index (χ2n) is 6.91. The zero-order chi connectivity index (χ0) is 18.0. The number of rotatable bonds is 4. The highest BCUT2D eigenvalue weighted by atomic mass is 35.5. The summed E-state index contributed by atoms with van der Waals surface area (Å²) in [5.41, 5.74) is -0.339. The molecule has 0 bridgehead atoms. The molecule has 0 aromatic heterocycles. The van der Waals surface area contributed by atoms with Crippen molar-refractivity contribution in [2.24, 2.45) is 5.92 Å². The number of urea groups is 1. The van der Waals surface area contributed by atoms with Crippen molar-refractivity contribution >= 4 is 35.1 Å². The monoisotopic (exact) mass is 363 g/mol. The van der Waals surface area contributed by atoms with E-state index in [-0.39, 0.29) is 18.4 Å². The molecule has 1 aromatic carbocycles. The summed E-state index contributed by atoms with van der Waals surface area (Å²) in [5, 5.41) is 6.05. The van der Waals surface area contributed by atoms with Gasteiger partial charge >= 0.3 is 6.03 Å². The van der Waals surface area contributed by atoms with Crippen molar-refractivity contribution in [3.8, 4) is 0 Å². The quantitative estimate of drug-likeness (QED) is 0.806. The number of nitrogens with one attached hydrogen (secondary N) is 2. The minimum Gasteiger partial charge on any atom is -0.325 e. The normalized spacial score (nSPS) is 24.3. The lowest BCUT2D eigenvalue weighted by Crippen LogP contribution is -2.51. The number of benzene rings is 1. The first-order chi connectivity index (χ1) is 11.9. The zero-order valence-corrected chi connectivity index (χ0v) is 14.9. The summed E-state index contributed by atoms with van der Waals surface area (Å²) in [6.45, 7) is 1.48. The number of carbonyl (C=O) groups excluding carboxylic acids is 3. The van der Waals surface area contributed by atoms with Gasteiger partial charge in [0.25, 0.3) is 5.91 Å². The van der Waals surface area contributed by atoms with Gasteiger partial charge in [0.2, 0.25) is 5.91 Å². The van der Waals surface area contributed by atoms with Gasteiger partial charge in [-0.2, -0.15) is 0 Å². The Morgan fingerprint density at radius 3 is 2.52 bits per heavy atom. The first-order valence-electron chi connectivity index (χ1n) is 8.59. The molecular formula is C18H22ClN3O3. The highest BCUT2D eigenvalue weighted by Gasteiger charge is 2.52. The Labute approximate surface area is 151 Å². The molecule has 0 unspecified atom stereocenters. The maximum absolute atomic E-state index is 12.8. The van der Waals surface area contributed by atoms with Crippen LogP contribution in [0.5, 0.6) is 0 Å². The number of carbonyl (C=O) groups is 3. The number of halogens is 1. The average Bonchev–Trinajstić information content (AvgIpc) is 2.82. The van der Waals surface area contributed by atoms with Crippen molar-refractivity contribution in [3.63, 3.8) is 0 Å².